The Morgan fingerprint density at radius 2 is 1.70 bits per heavy atom. The van der Waals surface area contributed by atoms with E-state index in [1.807, 2.05) is 0 Å². The Morgan fingerprint density at radius 1 is 1.09 bits per heavy atom. The van der Waals surface area contributed by atoms with Crippen LogP contribution in [0.5, 0.6) is 0 Å². The molecule has 120 valence electrons. The van der Waals surface area contributed by atoms with Gasteiger partial charge in [-0.1, -0.05) is 43.5 Å². The minimum Gasteiger partial charge on any atom is -0.436 e. The van der Waals surface area contributed by atoms with E-state index < -0.39 is 0 Å². The fourth-order valence-electron chi connectivity index (χ4n) is 1.94. The minimum absolute atomic E-state index is 0.0179. The van der Waals surface area contributed by atoms with Crippen LogP contribution < -0.4 is 0 Å². The molecule has 0 saturated carbocycles. The molecule has 2 aromatic carbocycles. The molecule has 0 amide bonds. The summed E-state index contributed by atoms with van der Waals surface area (Å²) in [5.74, 6) is 0.403. The van der Waals surface area contributed by atoms with Crippen molar-refractivity contribution >= 4 is 40.1 Å². The highest BCUT2D eigenvalue weighted by Gasteiger charge is 2.11. The van der Waals surface area contributed by atoms with Crippen molar-refractivity contribution in [3.8, 4) is 11.5 Å². The quantitative estimate of drug-likeness (QED) is 0.501. The van der Waals surface area contributed by atoms with E-state index in [2.05, 4.69) is 18.8 Å². The van der Waals surface area contributed by atoms with E-state index in [9.17, 15) is 4.79 Å². The van der Waals surface area contributed by atoms with Gasteiger partial charge in [-0.3, -0.25) is 4.79 Å². The van der Waals surface area contributed by atoms with E-state index in [0.717, 1.165) is 0 Å². The lowest BCUT2D eigenvalue weighted by atomic mass is 10.1. The molecule has 0 saturated heterocycles. The third kappa shape index (κ3) is 4.34. The second kappa shape index (κ2) is 7.62. The van der Waals surface area contributed by atoms with E-state index in [1.165, 1.54) is 13.3 Å². The van der Waals surface area contributed by atoms with E-state index in [0.29, 0.717) is 38.2 Å². The Hall–Kier alpha value is -1.84. The van der Waals surface area contributed by atoms with Crippen LogP contribution in [0, 0.1) is 0 Å². The van der Waals surface area contributed by atoms with Crippen molar-refractivity contribution in [2.75, 3.05) is 0 Å². The first-order valence-corrected chi connectivity index (χ1v) is 8.08. The Morgan fingerprint density at radius 3 is 2.26 bits per heavy atom. The lowest BCUT2D eigenvalue weighted by Gasteiger charge is -1.97. The van der Waals surface area contributed by atoms with Gasteiger partial charge in [0.2, 0.25) is 5.89 Å². The van der Waals surface area contributed by atoms with Crippen LogP contribution in [0.15, 0.2) is 40.8 Å². The topological polar surface area (TPSA) is 43.1 Å². The van der Waals surface area contributed by atoms with E-state index in [4.69, 9.17) is 27.6 Å². The van der Waals surface area contributed by atoms with Crippen molar-refractivity contribution in [2.24, 2.45) is 0 Å². The maximum Gasteiger partial charge on any atom is 0.227 e. The molecule has 0 bridgehead atoms. The number of fused-ring (bicyclic) bond motifs is 1. The van der Waals surface area contributed by atoms with Crippen LogP contribution in [0.1, 0.15) is 37.6 Å². The highest BCUT2D eigenvalue weighted by molar-refractivity contribution is 6.35. The molecule has 0 N–H and O–H groups in total. The van der Waals surface area contributed by atoms with Gasteiger partial charge in [0.15, 0.2) is 11.4 Å². The number of aromatic nitrogens is 1. The van der Waals surface area contributed by atoms with E-state index in [1.54, 1.807) is 36.4 Å². The molecule has 3 aromatic rings. The summed E-state index contributed by atoms with van der Waals surface area (Å²) in [6.45, 7) is 5.76. The average Bonchev–Trinajstić information content (AvgIpc) is 2.90. The summed E-state index contributed by atoms with van der Waals surface area (Å²) in [6.07, 6.45) is 1.25. The minimum atomic E-state index is -0.0179. The maximum atomic E-state index is 11.4. The molecular formula is C18H17Cl2NO2. The van der Waals surface area contributed by atoms with Gasteiger partial charge in [0.25, 0.3) is 0 Å². The first-order chi connectivity index (χ1) is 10.9. The van der Waals surface area contributed by atoms with Crippen molar-refractivity contribution in [3.63, 3.8) is 0 Å². The van der Waals surface area contributed by atoms with Crippen LogP contribution in [-0.2, 0) is 0 Å². The van der Waals surface area contributed by atoms with Gasteiger partial charge in [0.1, 0.15) is 5.52 Å². The molecule has 3 nitrogen and oxygen atoms in total. The van der Waals surface area contributed by atoms with E-state index in [-0.39, 0.29) is 5.78 Å². The predicted octanol–water partition coefficient (Wildman–Crippen LogP) is 6.42. The molecular weight excluding hydrogens is 333 g/mol. The Balaban J connectivity index is 0.000000595. The molecule has 1 heterocycles. The lowest BCUT2D eigenvalue weighted by Crippen LogP contribution is -1.89. The number of carbonyl (C=O) groups excluding carboxylic acids is 1. The molecule has 0 aliphatic rings. The van der Waals surface area contributed by atoms with Crippen molar-refractivity contribution < 1.29 is 9.21 Å². The fraction of sp³-hybridized carbons (Fsp3) is 0.222. The van der Waals surface area contributed by atoms with Crippen molar-refractivity contribution in [1.82, 2.24) is 4.98 Å². The number of benzene rings is 2. The summed E-state index contributed by atoms with van der Waals surface area (Å²) in [4.78, 5) is 15.7. The van der Waals surface area contributed by atoms with Crippen LogP contribution in [0.25, 0.3) is 22.6 Å². The molecule has 0 unspecified atom stereocenters. The molecule has 0 fully saturated rings. The van der Waals surface area contributed by atoms with Crippen LogP contribution >= 0.6 is 23.2 Å². The molecule has 5 heteroatoms. The van der Waals surface area contributed by atoms with Crippen molar-refractivity contribution in [2.45, 2.75) is 27.2 Å². The summed E-state index contributed by atoms with van der Waals surface area (Å²) in [7, 11) is 0. The summed E-state index contributed by atoms with van der Waals surface area (Å²) < 4.78 is 5.67. The first-order valence-electron chi connectivity index (χ1n) is 7.32. The van der Waals surface area contributed by atoms with Gasteiger partial charge in [0.05, 0.1) is 0 Å². The van der Waals surface area contributed by atoms with Gasteiger partial charge in [-0.25, -0.2) is 4.98 Å². The Bertz CT molecular complexity index is 820. The van der Waals surface area contributed by atoms with Crippen LogP contribution in [-0.4, -0.2) is 10.8 Å². The molecule has 0 spiro atoms. The number of carbonyl (C=O) groups is 1. The summed E-state index contributed by atoms with van der Waals surface area (Å²) in [6, 6.07) is 10.3. The second-order valence-electron chi connectivity index (χ2n) is 5.12. The van der Waals surface area contributed by atoms with Gasteiger partial charge in [-0.15, -0.1) is 0 Å². The molecule has 0 atom stereocenters. The number of halogens is 2. The number of oxazole rings is 1. The summed E-state index contributed by atoms with van der Waals surface area (Å²) in [5.41, 5.74) is 2.53. The zero-order chi connectivity index (χ0) is 17.0. The SMILES string of the molecule is CC(=O)c1ccc2nc(-c3cc(Cl)cc(Cl)c3)oc2c1.CCC. The van der Waals surface area contributed by atoms with Crippen molar-refractivity contribution in [1.29, 1.82) is 0 Å². The fourth-order valence-corrected chi connectivity index (χ4v) is 2.47. The number of hydrogen-bond acceptors (Lipinski definition) is 3. The van der Waals surface area contributed by atoms with E-state index >= 15 is 0 Å². The Labute approximate surface area is 145 Å². The standard InChI is InChI=1S/C15H9Cl2NO2.C3H8/c1-8(19)9-2-3-13-14(6-9)20-15(18-13)10-4-11(16)7-12(17)5-10;1-3-2/h2-7H,1H3;3H2,1-2H3. The zero-order valence-corrected chi connectivity index (χ0v) is 14.7. The molecule has 3 rings (SSSR count). The third-order valence-corrected chi connectivity index (χ3v) is 3.34. The molecule has 1 aromatic heterocycles. The van der Waals surface area contributed by atoms with Crippen LogP contribution in [0.3, 0.4) is 0 Å². The summed E-state index contributed by atoms with van der Waals surface area (Å²) in [5, 5.41) is 1.03. The monoisotopic (exact) mass is 349 g/mol. The molecule has 0 aliphatic carbocycles. The Kier molecular flexibility index (Phi) is 5.80. The third-order valence-electron chi connectivity index (χ3n) is 2.90. The zero-order valence-electron chi connectivity index (χ0n) is 13.2. The maximum absolute atomic E-state index is 11.4. The summed E-state index contributed by atoms with van der Waals surface area (Å²) >= 11 is 11.9. The molecule has 0 aliphatic heterocycles. The van der Waals surface area contributed by atoms with Gasteiger partial charge in [-0.05, 0) is 43.3 Å². The molecule has 23 heavy (non-hydrogen) atoms. The number of hydrogen-bond donors (Lipinski definition) is 0. The number of rotatable bonds is 2. The second-order valence-corrected chi connectivity index (χ2v) is 6.00. The van der Waals surface area contributed by atoms with Crippen molar-refractivity contribution in [3.05, 3.63) is 52.0 Å². The number of Topliss-reactive ketones (excluding diaryl/α,β-unsaturated/α-hetero) is 1. The van der Waals surface area contributed by atoms with Crippen LogP contribution in [0.2, 0.25) is 10.0 Å². The molecule has 0 radical (unpaired) electrons. The number of ketones is 1. The average molecular weight is 350 g/mol. The predicted molar refractivity (Wildman–Crippen MR) is 95.4 cm³/mol. The van der Waals surface area contributed by atoms with Gasteiger partial charge >= 0.3 is 0 Å². The van der Waals surface area contributed by atoms with Gasteiger partial charge in [0, 0.05) is 21.2 Å². The lowest BCUT2D eigenvalue weighted by molar-refractivity contribution is 0.101. The smallest absolute Gasteiger partial charge is 0.227 e. The first kappa shape index (κ1) is 17.5. The van der Waals surface area contributed by atoms with Gasteiger partial charge < -0.3 is 4.42 Å². The number of nitrogens with zero attached hydrogens (tertiary/aromatic N) is 1. The largest absolute Gasteiger partial charge is 0.436 e. The highest BCUT2D eigenvalue weighted by atomic mass is 35.5. The van der Waals surface area contributed by atoms with Crippen LogP contribution in [0.4, 0.5) is 0 Å². The normalized spacial score (nSPS) is 10.3. The highest BCUT2D eigenvalue weighted by Crippen LogP contribution is 2.29. The van der Waals surface area contributed by atoms with Gasteiger partial charge in [-0.2, -0.15) is 0 Å².